The molecule has 0 aliphatic carbocycles. The number of hydrogen-bond donors (Lipinski definition) is 1. The predicted molar refractivity (Wildman–Crippen MR) is 48.3 cm³/mol. The van der Waals surface area contributed by atoms with Crippen LogP contribution in [0.5, 0.6) is 5.75 Å². The van der Waals surface area contributed by atoms with E-state index in [1.54, 1.807) is 28.7 Å². The van der Waals surface area contributed by atoms with E-state index in [0.29, 0.717) is 0 Å². The van der Waals surface area contributed by atoms with E-state index in [-0.39, 0.29) is 9.26 Å². The van der Waals surface area contributed by atoms with Crippen molar-refractivity contribution in [1.29, 1.82) is 5.26 Å². The van der Waals surface area contributed by atoms with Crippen LogP contribution >= 0.6 is 22.6 Å². The number of pyridine rings is 1. The second-order valence-corrected chi connectivity index (χ2v) is 3.21. The summed E-state index contributed by atoms with van der Waals surface area (Å²) in [6.45, 7) is 0. The molecule has 0 radical (unpaired) electrons. The summed E-state index contributed by atoms with van der Waals surface area (Å²) in [6, 6.07) is 1.65. The van der Waals surface area contributed by atoms with Crippen molar-refractivity contribution in [1.82, 2.24) is 4.98 Å². The van der Waals surface area contributed by atoms with Crippen LogP contribution in [0.1, 0.15) is 17.7 Å². The molecule has 0 bridgehead atoms. The number of aromatic nitrogens is 1. The number of halogens is 3. The fourth-order valence-corrected chi connectivity index (χ4v) is 1.55. The molecule has 1 rings (SSSR count). The van der Waals surface area contributed by atoms with Crippen LogP contribution < -0.4 is 0 Å². The maximum absolute atomic E-state index is 12.3. The van der Waals surface area contributed by atoms with E-state index < -0.39 is 17.7 Å². The van der Waals surface area contributed by atoms with Crippen molar-refractivity contribution < 1.29 is 13.9 Å². The minimum absolute atomic E-state index is 0.00454. The largest absolute Gasteiger partial charge is 0.506 e. The monoisotopic (exact) mass is 296 g/mol. The molecule has 0 atom stereocenters. The first-order valence-corrected chi connectivity index (χ1v) is 4.21. The number of nitrogens with zero attached hydrogens (tertiary/aromatic N) is 2. The van der Waals surface area contributed by atoms with Crippen LogP contribution in [0, 0.1) is 14.9 Å². The van der Waals surface area contributed by atoms with Gasteiger partial charge in [-0.05, 0) is 22.6 Å². The maximum Gasteiger partial charge on any atom is 0.268 e. The third-order valence-corrected chi connectivity index (χ3v) is 2.45. The number of alkyl halides is 2. The van der Waals surface area contributed by atoms with E-state index >= 15 is 0 Å². The fourth-order valence-electron chi connectivity index (χ4n) is 0.777. The van der Waals surface area contributed by atoms with Crippen molar-refractivity contribution in [2.24, 2.45) is 0 Å². The van der Waals surface area contributed by atoms with Gasteiger partial charge in [-0.2, -0.15) is 5.26 Å². The lowest BCUT2D eigenvalue weighted by Crippen LogP contribution is -1.96. The Bertz CT molecular complexity index is 375. The summed E-state index contributed by atoms with van der Waals surface area (Å²) < 4.78 is 24.6. The molecule has 0 aliphatic rings. The molecule has 0 unspecified atom stereocenters. The lowest BCUT2D eigenvalue weighted by atomic mass is 10.2. The van der Waals surface area contributed by atoms with Crippen molar-refractivity contribution >= 4 is 22.6 Å². The van der Waals surface area contributed by atoms with Crippen molar-refractivity contribution in [3.63, 3.8) is 0 Å². The van der Waals surface area contributed by atoms with Crippen molar-refractivity contribution in [2.75, 3.05) is 0 Å². The normalized spacial score (nSPS) is 10.1. The van der Waals surface area contributed by atoms with Gasteiger partial charge in [0.05, 0.1) is 15.3 Å². The lowest BCUT2D eigenvalue weighted by molar-refractivity contribution is 0.146. The quantitative estimate of drug-likeness (QED) is 0.808. The predicted octanol–water partition coefficient (Wildman–Crippen LogP) is 2.20. The lowest BCUT2D eigenvalue weighted by Gasteiger charge is -2.05. The zero-order valence-electron chi connectivity index (χ0n) is 6.13. The SMILES string of the molecule is N#Cc1ncc(O)c(C(F)F)c1I. The first-order valence-electron chi connectivity index (χ1n) is 3.13. The van der Waals surface area contributed by atoms with Gasteiger partial charge in [-0.1, -0.05) is 0 Å². The van der Waals surface area contributed by atoms with E-state index in [4.69, 9.17) is 10.4 Å². The van der Waals surface area contributed by atoms with E-state index in [9.17, 15) is 8.78 Å². The molecule has 0 aromatic carbocycles. The molecule has 1 heterocycles. The Morgan fingerprint density at radius 3 is 2.69 bits per heavy atom. The molecule has 0 spiro atoms. The average Bonchev–Trinajstić information content (AvgIpc) is 2.04. The number of aromatic hydroxyl groups is 1. The van der Waals surface area contributed by atoms with Gasteiger partial charge in [0, 0.05) is 0 Å². The van der Waals surface area contributed by atoms with Crippen molar-refractivity contribution in [3.8, 4) is 11.8 Å². The zero-order valence-corrected chi connectivity index (χ0v) is 8.29. The Balaban J connectivity index is 3.41. The molecule has 1 aromatic rings. The first-order chi connectivity index (χ1) is 6.07. The van der Waals surface area contributed by atoms with E-state index in [1.807, 2.05) is 0 Å². The molecule has 3 nitrogen and oxygen atoms in total. The molecular formula is C7H3F2IN2O. The minimum Gasteiger partial charge on any atom is -0.506 e. The molecule has 0 saturated carbocycles. The van der Waals surface area contributed by atoms with Crippen LogP contribution in [0.2, 0.25) is 0 Å². The van der Waals surface area contributed by atoms with E-state index in [1.165, 1.54) is 0 Å². The molecular weight excluding hydrogens is 293 g/mol. The molecule has 13 heavy (non-hydrogen) atoms. The minimum atomic E-state index is -2.80. The topological polar surface area (TPSA) is 56.9 Å². The van der Waals surface area contributed by atoms with Crippen LogP contribution in [0.15, 0.2) is 6.20 Å². The van der Waals surface area contributed by atoms with Crippen LogP contribution in [0.25, 0.3) is 0 Å². The van der Waals surface area contributed by atoms with Crippen molar-refractivity contribution in [2.45, 2.75) is 6.43 Å². The van der Waals surface area contributed by atoms with Crippen LogP contribution in [0.3, 0.4) is 0 Å². The highest BCUT2D eigenvalue weighted by molar-refractivity contribution is 14.1. The van der Waals surface area contributed by atoms with Crippen LogP contribution in [-0.4, -0.2) is 10.1 Å². The molecule has 0 fully saturated rings. The van der Waals surface area contributed by atoms with E-state index in [0.717, 1.165) is 6.20 Å². The summed E-state index contributed by atoms with van der Waals surface area (Å²) in [4.78, 5) is 3.49. The summed E-state index contributed by atoms with van der Waals surface area (Å²) in [5.41, 5.74) is -0.638. The van der Waals surface area contributed by atoms with Crippen LogP contribution in [-0.2, 0) is 0 Å². The Morgan fingerprint density at radius 2 is 2.23 bits per heavy atom. The smallest absolute Gasteiger partial charge is 0.268 e. The van der Waals surface area contributed by atoms with Gasteiger partial charge >= 0.3 is 0 Å². The number of rotatable bonds is 1. The van der Waals surface area contributed by atoms with Gasteiger partial charge in [0.25, 0.3) is 6.43 Å². The summed E-state index contributed by atoms with van der Waals surface area (Å²) >= 11 is 1.56. The highest BCUT2D eigenvalue weighted by Crippen LogP contribution is 2.32. The Labute approximate surface area is 86.2 Å². The number of nitriles is 1. The Hall–Kier alpha value is -0.970. The number of hydrogen-bond acceptors (Lipinski definition) is 3. The average molecular weight is 296 g/mol. The summed E-state index contributed by atoms with van der Waals surface area (Å²) in [7, 11) is 0. The molecule has 1 aromatic heterocycles. The third-order valence-electron chi connectivity index (χ3n) is 1.36. The molecule has 0 saturated heterocycles. The van der Waals surface area contributed by atoms with Crippen molar-refractivity contribution in [3.05, 3.63) is 21.0 Å². The third kappa shape index (κ3) is 1.85. The Morgan fingerprint density at radius 1 is 1.62 bits per heavy atom. The van der Waals surface area contributed by atoms with Gasteiger partial charge in [-0.3, -0.25) is 0 Å². The maximum atomic E-state index is 12.3. The second-order valence-electron chi connectivity index (χ2n) is 2.13. The van der Waals surface area contributed by atoms with Crippen LogP contribution in [0.4, 0.5) is 8.78 Å². The van der Waals surface area contributed by atoms with Gasteiger partial charge in [-0.25, -0.2) is 13.8 Å². The standard InChI is InChI=1S/C7H3F2IN2O/c8-7(9)5-4(13)2-12-3(1-11)6(5)10/h2,7,13H. The van der Waals surface area contributed by atoms with Gasteiger partial charge in [0.2, 0.25) is 0 Å². The van der Waals surface area contributed by atoms with Gasteiger partial charge in [-0.15, -0.1) is 0 Å². The van der Waals surface area contributed by atoms with Gasteiger partial charge in [0.15, 0.2) is 5.69 Å². The zero-order chi connectivity index (χ0) is 10.0. The van der Waals surface area contributed by atoms with Gasteiger partial charge < -0.3 is 5.11 Å². The Kier molecular flexibility index (Phi) is 2.98. The second kappa shape index (κ2) is 3.83. The van der Waals surface area contributed by atoms with Gasteiger partial charge in [0.1, 0.15) is 11.8 Å². The molecule has 1 N–H and O–H groups in total. The first kappa shape index (κ1) is 10.1. The fraction of sp³-hybridized carbons (Fsp3) is 0.143. The summed E-state index contributed by atoms with van der Waals surface area (Å²) in [6.07, 6.45) is -1.95. The molecule has 6 heteroatoms. The summed E-state index contributed by atoms with van der Waals surface area (Å²) in [5, 5.41) is 17.5. The van der Waals surface area contributed by atoms with E-state index in [2.05, 4.69) is 4.98 Å². The molecule has 0 amide bonds. The summed E-state index contributed by atoms with van der Waals surface area (Å²) in [5.74, 6) is -0.585. The highest BCUT2D eigenvalue weighted by Gasteiger charge is 2.19. The highest BCUT2D eigenvalue weighted by atomic mass is 127. The molecule has 0 aliphatic heterocycles. The molecule has 68 valence electrons.